The third-order valence-corrected chi connectivity index (χ3v) is 31.4. The first-order chi connectivity index (χ1) is 68.5. The topological polar surface area (TPSA) is 52.6 Å². The van der Waals surface area contributed by atoms with Gasteiger partial charge in [0, 0.05) is 43.1 Å². The summed E-state index contributed by atoms with van der Waals surface area (Å²) in [5.74, 6) is 0. The van der Waals surface area contributed by atoms with Crippen LogP contribution < -0.4 is 0 Å². The fraction of sp³-hybridized carbons (Fsp3) is 0.0149. The van der Waals surface area contributed by atoms with Gasteiger partial charge in [0.25, 0.3) is 0 Å². The predicted molar refractivity (Wildman–Crippen MR) is 572 cm³/mol. The van der Waals surface area contributed by atoms with Gasteiger partial charge in [-0.05, 0) is 293 Å². The van der Waals surface area contributed by atoms with Gasteiger partial charge in [-0.3, -0.25) is 0 Å². The minimum atomic E-state index is -0.509. The molecule has 4 nitrogen and oxygen atoms in total. The zero-order chi connectivity index (χ0) is 89.9. The van der Waals surface area contributed by atoms with Gasteiger partial charge in [-0.1, -0.05) is 388 Å². The highest BCUT2D eigenvalue weighted by molar-refractivity contribution is 6.27. The van der Waals surface area contributed by atoms with E-state index in [-0.39, 0.29) is 0 Å². The van der Waals surface area contributed by atoms with Crippen LogP contribution in [0.5, 0.6) is 0 Å². The number of hydrogen-bond donors (Lipinski definition) is 0. The fourth-order valence-corrected chi connectivity index (χ4v) is 26.0. The Kier molecular flexibility index (Phi) is 15.5. The van der Waals surface area contributed by atoms with Crippen LogP contribution >= 0.6 is 0 Å². The molecule has 2 unspecified atom stereocenters. The van der Waals surface area contributed by atoms with E-state index in [1.807, 2.05) is 12.1 Å². The minimum Gasteiger partial charge on any atom is -0.456 e. The van der Waals surface area contributed by atoms with Crippen LogP contribution in [0.4, 0.5) is 0 Å². The van der Waals surface area contributed by atoms with Gasteiger partial charge in [-0.2, -0.15) is 0 Å². The van der Waals surface area contributed by atoms with Gasteiger partial charge in [0.15, 0.2) is 0 Å². The maximum Gasteiger partial charge on any atom is 0.136 e. The van der Waals surface area contributed by atoms with Crippen LogP contribution in [-0.2, 0) is 10.8 Å². The van der Waals surface area contributed by atoms with Crippen molar-refractivity contribution in [2.45, 2.75) is 10.8 Å². The van der Waals surface area contributed by atoms with E-state index in [4.69, 9.17) is 17.7 Å². The molecule has 0 amide bonds. The third-order valence-electron chi connectivity index (χ3n) is 31.4. The van der Waals surface area contributed by atoms with E-state index < -0.39 is 10.8 Å². The maximum atomic E-state index is 6.53. The van der Waals surface area contributed by atoms with Crippen LogP contribution in [0.3, 0.4) is 0 Å². The lowest BCUT2D eigenvalue weighted by atomic mass is 9.70. The predicted octanol–water partition coefficient (Wildman–Crippen LogP) is 36.6. The zero-order valence-corrected chi connectivity index (χ0v) is 74.5. The average molecular weight is 1750 g/mol. The van der Waals surface area contributed by atoms with Gasteiger partial charge >= 0.3 is 0 Å². The van der Waals surface area contributed by atoms with Crippen molar-refractivity contribution in [2.75, 3.05) is 0 Å². The summed E-state index contributed by atoms with van der Waals surface area (Å²) in [6.45, 7) is 0. The second-order valence-corrected chi connectivity index (χ2v) is 37.8. The molecule has 4 aliphatic carbocycles. The lowest BCUT2D eigenvalue weighted by Gasteiger charge is -2.30. The highest BCUT2D eigenvalue weighted by atomic mass is 16.3. The first-order valence-electron chi connectivity index (χ1n) is 47.8. The largest absolute Gasteiger partial charge is 0.456 e. The van der Waals surface area contributed by atoms with Gasteiger partial charge in [-0.25, -0.2) is 0 Å². The molecule has 4 aromatic heterocycles. The molecule has 0 radical (unpaired) electrons. The highest BCUT2D eigenvalue weighted by Gasteiger charge is 2.55. The molecule has 0 bridgehead atoms. The molecule has 138 heavy (non-hydrogen) atoms. The van der Waals surface area contributed by atoms with Crippen LogP contribution in [-0.4, -0.2) is 0 Å². The summed E-state index contributed by atoms with van der Waals surface area (Å²) in [5, 5.41) is 23.7. The van der Waals surface area contributed by atoms with Crippen molar-refractivity contribution >= 4 is 152 Å². The Labute approximate surface area is 792 Å². The van der Waals surface area contributed by atoms with E-state index in [9.17, 15) is 0 Å². The zero-order valence-electron chi connectivity index (χ0n) is 74.5. The average Bonchev–Trinajstić information content (AvgIpc) is 1.50. The maximum absolute atomic E-state index is 6.53. The molecule has 0 N–H and O–H groups in total. The molecular formula is C134H76O4. The fourth-order valence-electron chi connectivity index (χ4n) is 26.0. The molecule has 0 saturated carbocycles. The lowest BCUT2D eigenvalue weighted by Crippen LogP contribution is -2.25. The number of rotatable bonds is 6. The first kappa shape index (κ1) is 75.6. The second-order valence-electron chi connectivity index (χ2n) is 37.8. The van der Waals surface area contributed by atoms with Gasteiger partial charge in [0.2, 0.25) is 0 Å². The van der Waals surface area contributed by atoms with E-state index in [1.165, 1.54) is 198 Å². The molecule has 24 aromatic carbocycles. The van der Waals surface area contributed by atoms with Gasteiger partial charge in [-0.15, -0.1) is 0 Å². The van der Waals surface area contributed by atoms with Crippen molar-refractivity contribution in [1.82, 2.24) is 0 Å². The Bertz CT molecular complexity index is 9950. The summed E-state index contributed by atoms with van der Waals surface area (Å²) in [5.41, 5.74) is 41.6. The number of fused-ring (bicyclic) bond motifs is 40. The van der Waals surface area contributed by atoms with Gasteiger partial charge in [0.05, 0.1) is 10.8 Å². The molecule has 4 heteroatoms. The van der Waals surface area contributed by atoms with E-state index >= 15 is 0 Å². The van der Waals surface area contributed by atoms with Crippen molar-refractivity contribution in [3.63, 3.8) is 0 Å². The molecule has 32 rings (SSSR count). The summed E-state index contributed by atoms with van der Waals surface area (Å²) in [4.78, 5) is 0. The van der Waals surface area contributed by atoms with E-state index in [0.29, 0.717) is 0 Å². The van der Waals surface area contributed by atoms with Gasteiger partial charge < -0.3 is 17.7 Å². The summed E-state index contributed by atoms with van der Waals surface area (Å²) in [6, 6.07) is 171. The Morgan fingerprint density at radius 3 is 0.797 bits per heavy atom. The molecule has 636 valence electrons. The lowest BCUT2D eigenvalue weighted by molar-refractivity contribution is 0.668. The third kappa shape index (κ3) is 10.1. The van der Waals surface area contributed by atoms with E-state index in [1.54, 1.807) is 0 Å². The smallest absolute Gasteiger partial charge is 0.136 e. The van der Waals surface area contributed by atoms with Crippen LogP contribution in [0.25, 0.3) is 264 Å². The van der Waals surface area contributed by atoms with Crippen molar-refractivity contribution in [3.05, 3.63) is 506 Å². The molecule has 0 saturated heterocycles. The second kappa shape index (κ2) is 28.3. The summed E-state index contributed by atoms with van der Waals surface area (Å²) in [6.07, 6.45) is 0. The molecular weight excluding hydrogens is 1670 g/mol. The first-order valence-corrected chi connectivity index (χ1v) is 47.8. The number of benzene rings is 24. The van der Waals surface area contributed by atoms with E-state index in [2.05, 4.69) is 449 Å². The molecule has 4 aliphatic rings. The molecule has 28 aromatic rings. The Hall–Kier alpha value is -18.0. The highest BCUT2D eigenvalue weighted by Crippen LogP contribution is 2.69. The Morgan fingerprint density at radius 2 is 0.384 bits per heavy atom. The van der Waals surface area contributed by atoms with Crippen molar-refractivity contribution in [2.24, 2.45) is 0 Å². The molecule has 2 atom stereocenters. The number of hydrogen-bond acceptors (Lipinski definition) is 4. The Balaban J connectivity index is 0.000000128. The Morgan fingerprint density at radius 1 is 0.123 bits per heavy atom. The monoisotopic (exact) mass is 1750 g/mol. The van der Waals surface area contributed by atoms with Crippen molar-refractivity contribution in [1.29, 1.82) is 0 Å². The molecule has 4 heterocycles. The standard InChI is InChI=1S/2C67H38O2/c1-2-17-40-39(16-1)36-37-57-63(40)47-18-3-7-29-54(47)67(57)55-30-8-4-19-48(55)64-51(28-13-31-56(64)67)62-45-24-11-22-41(43-26-14-34-60-65(43)49-20-5-9-32-58(49)68-60)52(45)38-53-42(23-12-25-46(53)62)44-27-15-35-61-66(44)50-21-6-10-33-59(50)69-61;1-2-15-44-39(14-1)30-33-59-65(44)49-18-3-7-25-56(49)67(59)57-26-8-4-19-50(57)66-51(24-13-27-58(66)67)64-47-22-11-20-42(40-31-34-62-54(36-40)45-16-5-9-28-60(45)68-62)52(47)38-53-43(21-12-23-48(53)64)41-32-35-63-55(37-41)46-17-6-10-29-61(46)69-63/h2*1-38H. The van der Waals surface area contributed by atoms with E-state index in [0.717, 1.165) is 110 Å². The number of para-hydroxylation sites is 4. The van der Waals surface area contributed by atoms with Crippen LogP contribution in [0, 0.1) is 0 Å². The SMILES string of the molecule is c1ccc2c(c1)-c1c(-c3c4cccc(-c5ccc6oc7ccccc7c6c5)c4cc4c(-c5ccc6oc7ccccc7c6c5)cccc34)cccc1C21c2ccccc2-c2c1ccc1ccccc21.c1ccc2c(c1)-c1c(-c3c4cccc(-c5cccc6oc7ccccc7c56)c4cc4c(-c5cccc6oc7ccccc7c56)cccc34)cccc1C21c2ccccc2-c2c1ccc1ccccc21. The molecule has 2 spiro atoms. The van der Waals surface area contributed by atoms with Crippen LogP contribution in [0.15, 0.2) is 479 Å². The van der Waals surface area contributed by atoms with Gasteiger partial charge in [0.1, 0.15) is 44.7 Å². The minimum absolute atomic E-state index is 0.500. The summed E-state index contributed by atoms with van der Waals surface area (Å²) in [7, 11) is 0. The molecule has 0 fully saturated rings. The summed E-state index contributed by atoms with van der Waals surface area (Å²) < 4.78 is 25.8. The normalized spacial score (nSPS) is 14.7. The number of furan rings is 4. The van der Waals surface area contributed by atoms with Crippen molar-refractivity contribution in [3.8, 4) is 111 Å². The summed E-state index contributed by atoms with van der Waals surface area (Å²) >= 11 is 0. The van der Waals surface area contributed by atoms with Crippen LogP contribution in [0.1, 0.15) is 44.5 Å². The van der Waals surface area contributed by atoms with Crippen molar-refractivity contribution < 1.29 is 17.7 Å². The molecule has 0 aliphatic heterocycles. The van der Waals surface area contributed by atoms with Crippen LogP contribution in [0.2, 0.25) is 0 Å². The quantitative estimate of drug-likeness (QED) is 0.156.